The van der Waals surface area contributed by atoms with E-state index in [2.05, 4.69) is 36.5 Å². The quantitative estimate of drug-likeness (QED) is 0.904. The van der Waals surface area contributed by atoms with Gasteiger partial charge in [-0.2, -0.15) is 0 Å². The van der Waals surface area contributed by atoms with Gasteiger partial charge in [0.25, 0.3) is 0 Å². The summed E-state index contributed by atoms with van der Waals surface area (Å²) in [6.45, 7) is 7.80. The minimum atomic E-state index is -0.443. The largest absolute Gasteiger partial charge is 0.338 e. The lowest BCUT2D eigenvalue weighted by atomic mass is 10.0. The summed E-state index contributed by atoms with van der Waals surface area (Å²) in [7, 11) is 0. The van der Waals surface area contributed by atoms with Crippen LogP contribution in [0.25, 0.3) is 0 Å². The molecule has 1 aliphatic rings. The molecule has 1 saturated heterocycles. The highest BCUT2D eigenvalue weighted by atomic mass is 16.2. The van der Waals surface area contributed by atoms with Gasteiger partial charge in [0.05, 0.1) is 5.54 Å². The van der Waals surface area contributed by atoms with Crippen molar-refractivity contribution in [1.29, 1.82) is 0 Å². The summed E-state index contributed by atoms with van der Waals surface area (Å²) in [6.07, 6.45) is 1.94. The molecule has 0 aliphatic carbocycles. The van der Waals surface area contributed by atoms with Crippen molar-refractivity contribution in [2.75, 3.05) is 13.1 Å². The van der Waals surface area contributed by atoms with Gasteiger partial charge < -0.3 is 10.2 Å². The van der Waals surface area contributed by atoms with Gasteiger partial charge in [0.15, 0.2) is 0 Å². The van der Waals surface area contributed by atoms with Crippen LogP contribution in [-0.4, -0.2) is 35.5 Å². The second kappa shape index (κ2) is 5.74. The summed E-state index contributed by atoms with van der Waals surface area (Å²) in [6, 6.07) is 10.7. The highest BCUT2D eigenvalue weighted by Crippen LogP contribution is 2.18. The first-order valence-corrected chi connectivity index (χ1v) is 7.11. The zero-order valence-corrected chi connectivity index (χ0v) is 12.1. The Morgan fingerprint density at radius 3 is 2.68 bits per heavy atom. The second-order valence-corrected chi connectivity index (χ2v) is 5.92. The molecule has 1 amide bonds. The van der Waals surface area contributed by atoms with E-state index in [-0.39, 0.29) is 5.91 Å². The molecule has 104 valence electrons. The molecular weight excluding hydrogens is 236 g/mol. The van der Waals surface area contributed by atoms with Crippen LogP contribution in [0.3, 0.4) is 0 Å². The third-order valence-electron chi connectivity index (χ3n) is 3.94. The van der Waals surface area contributed by atoms with Crippen LogP contribution in [0.1, 0.15) is 32.8 Å². The van der Waals surface area contributed by atoms with Crippen LogP contribution in [0.5, 0.6) is 0 Å². The maximum absolute atomic E-state index is 12.6. The number of carbonyl (C=O) groups is 1. The number of rotatable bonds is 3. The lowest BCUT2D eigenvalue weighted by Gasteiger charge is -2.32. The molecule has 1 fully saturated rings. The van der Waals surface area contributed by atoms with Crippen molar-refractivity contribution in [3.8, 4) is 0 Å². The highest BCUT2D eigenvalue weighted by Gasteiger charge is 2.36. The SMILES string of the molecule is CC1CCNC(C)(C)C(=O)N1CCc1ccccc1. The van der Waals surface area contributed by atoms with Gasteiger partial charge in [-0.25, -0.2) is 0 Å². The Balaban J connectivity index is 2.05. The van der Waals surface area contributed by atoms with Gasteiger partial charge in [-0.05, 0) is 45.7 Å². The maximum atomic E-state index is 12.6. The van der Waals surface area contributed by atoms with Gasteiger partial charge in [-0.1, -0.05) is 30.3 Å². The fourth-order valence-electron chi connectivity index (χ4n) is 2.60. The maximum Gasteiger partial charge on any atom is 0.242 e. The molecule has 0 saturated carbocycles. The average Bonchev–Trinajstić information content (AvgIpc) is 2.48. The third-order valence-corrected chi connectivity index (χ3v) is 3.94. The number of amides is 1. The molecule has 3 nitrogen and oxygen atoms in total. The Hall–Kier alpha value is -1.35. The van der Waals surface area contributed by atoms with Crippen LogP contribution in [0.2, 0.25) is 0 Å². The van der Waals surface area contributed by atoms with E-state index in [1.54, 1.807) is 0 Å². The number of hydrogen-bond donors (Lipinski definition) is 1. The number of benzene rings is 1. The normalized spacial score (nSPS) is 23.2. The van der Waals surface area contributed by atoms with E-state index in [1.165, 1.54) is 5.56 Å². The first-order valence-electron chi connectivity index (χ1n) is 7.11. The highest BCUT2D eigenvalue weighted by molar-refractivity contribution is 5.86. The Morgan fingerprint density at radius 1 is 1.32 bits per heavy atom. The number of hydrogen-bond acceptors (Lipinski definition) is 2. The van der Waals surface area contributed by atoms with E-state index >= 15 is 0 Å². The van der Waals surface area contributed by atoms with Crippen molar-refractivity contribution in [3.05, 3.63) is 35.9 Å². The topological polar surface area (TPSA) is 32.3 Å². The monoisotopic (exact) mass is 260 g/mol. The molecule has 3 heteroatoms. The van der Waals surface area contributed by atoms with Gasteiger partial charge in [0, 0.05) is 12.6 Å². The Labute approximate surface area is 116 Å². The third kappa shape index (κ3) is 3.35. The molecule has 1 heterocycles. The van der Waals surface area contributed by atoms with Gasteiger partial charge in [0.1, 0.15) is 0 Å². The van der Waals surface area contributed by atoms with Crippen molar-refractivity contribution >= 4 is 5.91 Å². The summed E-state index contributed by atoms with van der Waals surface area (Å²) < 4.78 is 0. The van der Waals surface area contributed by atoms with Gasteiger partial charge in [0.2, 0.25) is 5.91 Å². The number of nitrogens with one attached hydrogen (secondary N) is 1. The van der Waals surface area contributed by atoms with Crippen molar-refractivity contribution in [2.45, 2.75) is 45.2 Å². The van der Waals surface area contributed by atoms with E-state index in [9.17, 15) is 4.79 Å². The van der Waals surface area contributed by atoms with E-state index in [0.29, 0.717) is 6.04 Å². The summed E-state index contributed by atoms with van der Waals surface area (Å²) >= 11 is 0. The molecule has 19 heavy (non-hydrogen) atoms. The van der Waals surface area contributed by atoms with E-state index < -0.39 is 5.54 Å². The van der Waals surface area contributed by atoms with E-state index in [4.69, 9.17) is 0 Å². The average molecular weight is 260 g/mol. The molecule has 1 unspecified atom stereocenters. The summed E-state index contributed by atoms with van der Waals surface area (Å²) in [4.78, 5) is 14.6. The predicted molar refractivity (Wildman–Crippen MR) is 78.0 cm³/mol. The van der Waals surface area contributed by atoms with Gasteiger partial charge in [-0.3, -0.25) is 4.79 Å². The van der Waals surface area contributed by atoms with Crippen molar-refractivity contribution in [1.82, 2.24) is 10.2 Å². The van der Waals surface area contributed by atoms with Crippen molar-refractivity contribution in [2.24, 2.45) is 0 Å². The molecule has 0 aromatic heterocycles. The fraction of sp³-hybridized carbons (Fsp3) is 0.562. The van der Waals surface area contributed by atoms with Gasteiger partial charge in [-0.15, -0.1) is 0 Å². The molecule has 0 spiro atoms. The van der Waals surface area contributed by atoms with E-state index in [0.717, 1.165) is 25.9 Å². The zero-order valence-electron chi connectivity index (χ0n) is 12.1. The van der Waals surface area contributed by atoms with Crippen molar-refractivity contribution in [3.63, 3.8) is 0 Å². The number of carbonyl (C=O) groups excluding carboxylic acids is 1. The first kappa shape index (κ1) is 14.1. The minimum Gasteiger partial charge on any atom is -0.338 e. The molecule has 2 rings (SSSR count). The van der Waals surface area contributed by atoms with Crippen molar-refractivity contribution < 1.29 is 4.79 Å². The lowest BCUT2D eigenvalue weighted by Crippen LogP contribution is -2.53. The molecule has 1 aromatic rings. The zero-order chi connectivity index (χ0) is 13.9. The van der Waals surface area contributed by atoms with Crippen LogP contribution in [0.15, 0.2) is 30.3 Å². The Bertz CT molecular complexity index is 428. The lowest BCUT2D eigenvalue weighted by molar-refractivity contribution is -0.137. The molecule has 1 aliphatic heterocycles. The van der Waals surface area contributed by atoms with Crippen LogP contribution in [0.4, 0.5) is 0 Å². The minimum absolute atomic E-state index is 0.216. The van der Waals surface area contributed by atoms with E-state index in [1.807, 2.05) is 24.8 Å². The molecule has 1 aromatic carbocycles. The molecule has 0 radical (unpaired) electrons. The predicted octanol–water partition coefficient (Wildman–Crippen LogP) is 2.22. The summed E-state index contributed by atoms with van der Waals surface area (Å²) in [5.41, 5.74) is 0.846. The summed E-state index contributed by atoms with van der Waals surface area (Å²) in [5.74, 6) is 0.216. The smallest absolute Gasteiger partial charge is 0.242 e. The Morgan fingerprint density at radius 2 is 2.00 bits per heavy atom. The summed E-state index contributed by atoms with van der Waals surface area (Å²) in [5, 5.41) is 3.34. The van der Waals surface area contributed by atoms with Crippen LogP contribution in [0, 0.1) is 0 Å². The van der Waals surface area contributed by atoms with Crippen LogP contribution >= 0.6 is 0 Å². The molecular formula is C16H24N2O. The Kier molecular flexibility index (Phi) is 4.25. The van der Waals surface area contributed by atoms with Gasteiger partial charge >= 0.3 is 0 Å². The van der Waals surface area contributed by atoms with Crippen LogP contribution < -0.4 is 5.32 Å². The molecule has 0 bridgehead atoms. The van der Waals surface area contributed by atoms with Crippen LogP contribution in [-0.2, 0) is 11.2 Å². The molecule has 1 atom stereocenters. The molecule has 1 N–H and O–H groups in total. The number of nitrogens with zero attached hydrogens (tertiary/aromatic N) is 1. The fourth-order valence-corrected chi connectivity index (χ4v) is 2.60. The second-order valence-electron chi connectivity index (χ2n) is 5.92. The first-order chi connectivity index (χ1) is 9.00. The standard InChI is InChI=1S/C16H24N2O/c1-13-9-11-17-16(2,3)15(19)18(13)12-10-14-7-5-4-6-8-14/h4-8,13,17H,9-12H2,1-3H3.